The first-order valence-electron chi connectivity index (χ1n) is 5.09. The van der Waals surface area contributed by atoms with Gasteiger partial charge in [-0.3, -0.25) is 0 Å². The molecule has 4 fully saturated rings. The van der Waals surface area contributed by atoms with E-state index in [1.165, 1.54) is 17.8 Å². The molecule has 0 aromatic carbocycles. The minimum atomic E-state index is 0. The van der Waals surface area contributed by atoms with Gasteiger partial charge in [0.2, 0.25) is 0 Å². The molecule has 0 unspecified atom stereocenters. The van der Waals surface area contributed by atoms with E-state index in [-0.39, 0.29) is 12.4 Å². The van der Waals surface area contributed by atoms with E-state index in [1.807, 2.05) is 0 Å². The molecule has 4 saturated carbocycles. The van der Waals surface area contributed by atoms with Gasteiger partial charge in [0.1, 0.15) is 0 Å². The second kappa shape index (κ2) is 2.95. The summed E-state index contributed by atoms with van der Waals surface area (Å²) in [5.74, 6) is 3.53. The van der Waals surface area contributed by atoms with Crippen molar-refractivity contribution >= 4 is 0 Å². The van der Waals surface area contributed by atoms with Crippen LogP contribution in [0.2, 0.25) is 4.01 Å². The molecule has 0 saturated heterocycles. The first-order valence-corrected chi connectivity index (χ1v) is 6.57. The van der Waals surface area contributed by atoms with Crippen molar-refractivity contribution in [2.45, 2.75) is 42.5 Å². The maximum absolute atomic E-state index is 1.62. The number of hydrogen-bond donors (Lipinski definition) is 0. The van der Waals surface area contributed by atoms with E-state index >= 15 is 0 Å². The van der Waals surface area contributed by atoms with Crippen molar-refractivity contribution in [2.75, 3.05) is 0 Å². The van der Waals surface area contributed by atoms with Crippen molar-refractivity contribution in [3.63, 3.8) is 0 Å². The van der Waals surface area contributed by atoms with Crippen molar-refractivity contribution in [3.8, 4) is 0 Å². The van der Waals surface area contributed by atoms with E-state index in [9.17, 15) is 0 Å². The van der Waals surface area contributed by atoms with Gasteiger partial charge in [-0.15, -0.1) is 0 Å². The fourth-order valence-electron chi connectivity index (χ4n) is 4.29. The van der Waals surface area contributed by atoms with Crippen molar-refractivity contribution in [1.82, 2.24) is 0 Å². The van der Waals surface area contributed by atoms with Gasteiger partial charge in [0.15, 0.2) is 0 Å². The topological polar surface area (TPSA) is 0 Å². The first kappa shape index (κ1) is 9.47. The van der Waals surface area contributed by atoms with E-state index in [0.29, 0.717) is 0 Å². The third-order valence-electron chi connectivity index (χ3n) is 4.17. The van der Waals surface area contributed by atoms with Crippen LogP contribution >= 0.6 is 0 Å². The first-order chi connectivity index (χ1) is 5.23. The molecule has 0 heterocycles. The van der Waals surface area contributed by atoms with Gasteiger partial charge in [0, 0.05) is 0 Å². The Morgan fingerprint density at radius 3 is 1.42 bits per heavy atom. The number of rotatable bonds is 0. The van der Waals surface area contributed by atoms with Crippen LogP contribution in [0, 0.1) is 17.8 Å². The van der Waals surface area contributed by atoms with E-state index < -0.39 is 0 Å². The summed E-state index contributed by atoms with van der Waals surface area (Å²) in [5.41, 5.74) is 0. The zero-order chi connectivity index (χ0) is 7.47. The van der Waals surface area contributed by atoms with Gasteiger partial charge >= 0.3 is 78.6 Å². The number of halogens is 1. The Labute approximate surface area is 91.0 Å². The summed E-state index contributed by atoms with van der Waals surface area (Å²) < 4.78 is 0.925. The predicted octanol–water partition coefficient (Wildman–Crippen LogP) is -0.0741. The Morgan fingerprint density at radius 2 is 1.17 bits per heavy atom. The monoisotopic (exact) mass is 234 g/mol. The molecule has 0 N–H and O–H groups in total. The predicted molar refractivity (Wildman–Crippen MR) is 40.9 cm³/mol. The van der Waals surface area contributed by atoms with Gasteiger partial charge in [-0.1, -0.05) is 0 Å². The van der Waals surface area contributed by atoms with E-state index in [4.69, 9.17) is 0 Å². The second-order valence-corrected chi connectivity index (χ2v) is 8.56. The number of hydrogen-bond acceptors (Lipinski definition) is 0. The molecule has 2 heteroatoms. The molecule has 0 nitrogen and oxygen atoms in total. The summed E-state index contributed by atoms with van der Waals surface area (Å²) in [6.45, 7) is 0. The quantitative estimate of drug-likeness (QED) is 0.516. The molecule has 12 heavy (non-hydrogen) atoms. The zero-order valence-corrected chi connectivity index (χ0v) is 11.3. The zero-order valence-electron chi connectivity index (χ0n) is 7.56. The Morgan fingerprint density at radius 1 is 0.833 bits per heavy atom. The fourth-order valence-corrected chi connectivity index (χ4v) is 6.86. The van der Waals surface area contributed by atoms with Gasteiger partial charge in [-0.2, -0.15) is 0 Å². The molecule has 0 radical (unpaired) electrons. The van der Waals surface area contributed by atoms with E-state index in [0.717, 1.165) is 4.01 Å². The van der Waals surface area contributed by atoms with Crippen molar-refractivity contribution in [2.24, 2.45) is 17.8 Å². The summed E-state index contributed by atoms with van der Waals surface area (Å²) in [5, 5.41) is 0. The molecule has 4 rings (SSSR count). The summed E-state index contributed by atoms with van der Waals surface area (Å²) in [4.78, 5) is 0. The Kier molecular flexibility index (Phi) is 2.33. The molecule has 0 atom stereocenters. The van der Waals surface area contributed by atoms with Gasteiger partial charge in [-0.25, -0.2) is 0 Å². The third kappa shape index (κ3) is 1.38. The van der Waals surface area contributed by atoms with E-state index in [2.05, 4.69) is 0 Å². The summed E-state index contributed by atoms with van der Waals surface area (Å²) >= 11 is 1.59. The van der Waals surface area contributed by atoms with Crippen molar-refractivity contribution < 1.29 is 30.7 Å². The molecular formula is C10H15ClZn. The van der Waals surface area contributed by atoms with Crippen LogP contribution in [0.25, 0.3) is 0 Å². The summed E-state index contributed by atoms with van der Waals surface area (Å²) in [6.07, 6.45) is 9.70. The van der Waals surface area contributed by atoms with E-state index in [1.54, 1.807) is 56.8 Å². The molecule has 0 aromatic rings. The van der Waals surface area contributed by atoms with Crippen LogP contribution in [0.3, 0.4) is 0 Å². The molecule has 64 valence electrons. The standard InChI is InChI=1S/C10H15.ClH.Zn/c1-7-2-9-4-8(1)5-10(3-7)6-9;;/h7-9H,1-6H2;1H;/q;;+1/p-1. The summed E-state index contributed by atoms with van der Waals surface area (Å²) in [7, 11) is 0. The fraction of sp³-hybridized carbons (Fsp3) is 1.00. The van der Waals surface area contributed by atoms with Crippen LogP contribution in [0.15, 0.2) is 0 Å². The molecular weight excluding hydrogens is 221 g/mol. The van der Waals surface area contributed by atoms with Crippen LogP contribution in [0.4, 0.5) is 0 Å². The van der Waals surface area contributed by atoms with Gasteiger partial charge in [0.25, 0.3) is 0 Å². The molecule has 0 spiro atoms. The van der Waals surface area contributed by atoms with Crippen LogP contribution < -0.4 is 12.4 Å². The average Bonchev–Trinajstić information content (AvgIpc) is 1.79. The molecule has 0 aliphatic heterocycles. The van der Waals surface area contributed by atoms with Gasteiger partial charge in [-0.05, 0) is 0 Å². The van der Waals surface area contributed by atoms with Crippen LogP contribution in [0.1, 0.15) is 38.5 Å². The van der Waals surface area contributed by atoms with Crippen molar-refractivity contribution in [3.05, 3.63) is 0 Å². The van der Waals surface area contributed by atoms with Gasteiger partial charge in [0.05, 0.1) is 0 Å². The minimum absolute atomic E-state index is 0. The Balaban J connectivity index is 0.000000563. The van der Waals surface area contributed by atoms with Crippen LogP contribution in [-0.2, 0) is 18.3 Å². The second-order valence-electron chi connectivity index (χ2n) is 5.42. The molecule has 0 aromatic heterocycles. The van der Waals surface area contributed by atoms with Gasteiger partial charge < -0.3 is 12.4 Å². The molecule has 4 aliphatic carbocycles. The Bertz CT molecular complexity index is 155. The maximum atomic E-state index is 1.62. The Hall–Kier alpha value is 0.913. The molecule has 4 aliphatic rings. The van der Waals surface area contributed by atoms with Crippen molar-refractivity contribution in [1.29, 1.82) is 0 Å². The van der Waals surface area contributed by atoms with Crippen LogP contribution in [-0.4, -0.2) is 0 Å². The normalized spacial score (nSPS) is 55.3. The molecule has 0 amide bonds. The average molecular weight is 236 g/mol. The molecule has 4 bridgehead atoms. The summed E-state index contributed by atoms with van der Waals surface area (Å²) in [6, 6.07) is 0. The van der Waals surface area contributed by atoms with Crippen LogP contribution in [0.5, 0.6) is 0 Å². The third-order valence-corrected chi connectivity index (χ3v) is 5.98. The SMILES string of the molecule is [Cl-].[Zn+][C]12CC3CC(CC(C3)C1)C2.